The van der Waals surface area contributed by atoms with Crippen LogP contribution in [-0.2, 0) is 11.2 Å². The number of methoxy groups -OCH3 is 1. The second-order valence-corrected chi connectivity index (χ2v) is 8.19. The van der Waals surface area contributed by atoms with Crippen LogP contribution in [0.1, 0.15) is 16.7 Å². The Morgan fingerprint density at radius 1 is 0.871 bits per heavy atom. The van der Waals surface area contributed by atoms with Gasteiger partial charge in [-0.15, -0.1) is 0 Å². The standard InChI is InChI=1S/C25H21NO4S/c1-29-20-11-7-17(8-12-20)5-6-18-9-13-21(14-10-18)30-22-4-2-3-19(15-22)16-23-24(27)26-25(28)31-23/h2-15,23H,16H2,1H3,(H,26,27,28)/b6-5+. The molecule has 3 aromatic rings. The second kappa shape index (κ2) is 9.53. The molecule has 0 radical (unpaired) electrons. The molecular weight excluding hydrogens is 410 g/mol. The molecule has 1 aliphatic heterocycles. The Morgan fingerprint density at radius 2 is 1.52 bits per heavy atom. The summed E-state index contributed by atoms with van der Waals surface area (Å²) in [5.41, 5.74) is 3.10. The van der Waals surface area contributed by atoms with E-state index in [0.717, 1.165) is 40.0 Å². The molecule has 1 aliphatic rings. The third-order valence-electron chi connectivity index (χ3n) is 4.79. The number of hydrogen-bond acceptors (Lipinski definition) is 5. The van der Waals surface area contributed by atoms with Crippen molar-refractivity contribution in [1.29, 1.82) is 0 Å². The van der Waals surface area contributed by atoms with Crippen LogP contribution >= 0.6 is 11.8 Å². The lowest BCUT2D eigenvalue weighted by Crippen LogP contribution is -2.25. The maximum atomic E-state index is 11.8. The smallest absolute Gasteiger partial charge is 0.286 e. The summed E-state index contributed by atoms with van der Waals surface area (Å²) in [7, 11) is 1.65. The van der Waals surface area contributed by atoms with Crippen LogP contribution in [0.5, 0.6) is 17.2 Å². The quantitative estimate of drug-likeness (QED) is 0.497. The van der Waals surface area contributed by atoms with Crippen LogP contribution in [0.15, 0.2) is 72.8 Å². The molecule has 1 heterocycles. The maximum absolute atomic E-state index is 11.8. The van der Waals surface area contributed by atoms with Gasteiger partial charge in [-0.3, -0.25) is 14.9 Å². The number of benzene rings is 3. The van der Waals surface area contributed by atoms with Crippen LogP contribution in [-0.4, -0.2) is 23.5 Å². The Morgan fingerprint density at radius 3 is 2.10 bits per heavy atom. The molecule has 1 fully saturated rings. The first kappa shape index (κ1) is 20.8. The van der Waals surface area contributed by atoms with Gasteiger partial charge in [0.2, 0.25) is 5.91 Å². The normalized spacial score (nSPS) is 15.8. The van der Waals surface area contributed by atoms with Crippen molar-refractivity contribution < 1.29 is 19.1 Å². The monoisotopic (exact) mass is 431 g/mol. The largest absolute Gasteiger partial charge is 0.497 e. The number of amides is 2. The summed E-state index contributed by atoms with van der Waals surface area (Å²) in [4.78, 5) is 23.1. The van der Waals surface area contributed by atoms with Crippen molar-refractivity contribution in [3.8, 4) is 17.2 Å². The Hall–Kier alpha value is -3.51. The summed E-state index contributed by atoms with van der Waals surface area (Å²) < 4.78 is 11.1. The summed E-state index contributed by atoms with van der Waals surface area (Å²) in [6, 6.07) is 23.3. The third-order valence-corrected chi connectivity index (χ3v) is 5.77. The summed E-state index contributed by atoms with van der Waals surface area (Å²) >= 11 is 1.03. The molecule has 0 bridgehead atoms. The van der Waals surface area contributed by atoms with Gasteiger partial charge >= 0.3 is 0 Å². The molecule has 1 saturated heterocycles. The van der Waals surface area contributed by atoms with E-state index >= 15 is 0 Å². The van der Waals surface area contributed by atoms with E-state index in [2.05, 4.69) is 5.32 Å². The van der Waals surface area contributed by atoms with E-state index in [4.69, 9.17) is 9.47 Å². The van der Waals surface area contributed by atoms with Crippen molar-refractivity contribution in [2.45, 2.75) is 11.7 Å². The van der Waals surface area contributed by atoms with Gasteiger partial charge in [-0.1, -0.05) is 60.3 Å². The number of thioether (sulfide) groups is 1. The van der Waals surface area contributed by atoms with Crippen molar-refractivity contribution in [2.75, 3.05) is 7.11 Å². The van der Waals surface area contributed by atoms with Crippen LogP contribution in [0, 0.1) is 0 Å². The zero-order valence-electron chi connectivity index (χ0n) is 16.9. The van der Waals surface area contributed by atoms with Gasteiger partial charge in [0.1, 0.15) is 17.2 Å². The predicted octanol–water partition coefficient (Wildman–Crippen LogP) is 5.55. The number of carbonyl (C=O) groups excluding carboxylic acids is 2. The summed E-state index contributed by atoms with van der Waals surface area (Å²) in [6.45, 7) is 0. The molecule has 0 aliphatic carbocycles. The first-order valence-electron chi connectivity index (χ1n) is 9.79. The van der Waals surface area contributed by atoms with E-state index in [0.29, 0.717) is 12.2 Å². The maximum Gasteiger partial charge on any atom is 0.286 e. The highest BCUT2D eigenvalue weighted by molar-refractivity contribution is 8.15. The zero-order chi connectivity index (χ0) is 21.6. The minimum Gasteiger partial charge on any atom is -0.497 e. The lowest BCUT2D eigenvalue weighted by molar-refractivity contribution is -0.118. The van der Waals surface area contributed by atoms with Crippen molar-refractivity contribution >= 4 is 35.1 Å². The van der Waals surface area contributed by atoms with Crippen molar-refractivity contribution in [2.24, 2.45) is 0 Å². The number of imide groups is 1. The number of nitrogens with one attached hydrogen (secondary N) is 1. The molecule has 0 aromatic heterocycles. The van der Waals surface area contributed by atoms with Crippen molar-refractivity contribution in [3.05, 3.63) is 89.5 Å². The Balaban J connectivity index is 1.38. The first-order chi connectivity index (χ1) is 15.1. The molecule has 6 heteroatoms. The second-order valence-electron chi connectivity index (χ2n) is 7.01. The molecule has 0 saturated carbocycles. The Labute approximate surface area is 185 Å². The van der Waals surface area contributed by atoms with E-state index in [1.165, 1.54) is 0 Å². The first-order valence-corrected chi connectivity index (χ1v) is 10.7. The fourth-order valence-electron chi connectivity index (χ4n) is 3.17. The SMILES string of the molecule is COc1ccc(/C=C/c2ccc(Oc3cccc(CC4SC(=O)NC4=O)c3)cc2)cc1. The molecule has 2 amide bonds. The third kappa shape index (κ3) is 5.55. The van der Waals surface area contributed by atoms with Gasteiger partial charge in [0.05, 0.1) is 12.4 Å². The van der Waals surface area contributed by atoms with Gasteiger partial charge in [-0.25, -0.2) is 0 Å². The fourth-order valence-corrected chi connectivity index (χ4v) is 4.03. The van der Waals surface area contributed by atoms with Crippen molar-refractivity contribution in [3.63, 3.8) is 0 Å². The van der Waals surface area contributed by atoms with E-state index in [1.54, 1.807) is 7.11 Å². The van der Waals surface area contributed by atoms with Crippen molar-refractivity contribution in [1.82, 2.24) is 5.32 Å². The summed E-state index contributed by atoms with van der Waals surface area (Å²) in [5.74, 6) is 2.01. The number of ether oxygens (including phenoxy) is 2. The van der Waals surface area contributed by atoms with E-state index in [9.17, 15) is 9.59 Å². The van der Waals surface area contributed by atoms with Crippen LogP contribution in [0.3, 0.4) is 0 Å². The molecule has 1 unspecified atom stereocenters. The lowest BCUT2D eigenvalue weighted by Gasteiger charge is -2.09. The van der Waals surface area contributed by atoms with Gasteiger partial charge in [0.15, 0.2) is 0 Å². The number of rotatable bonds is 7. The molecule has 0 spiro atoms. The molecule has 3 aromatic carbocycles. The molecule has 4 rings (SSSR count). The average Bonchev–Trinajstić information content (AvgIpc) is 3.10. The summed E-state index contributed by atoms with van der Waals surface area (Å²) in [5, 5.41) is 1.64. The highest BCUT2D eigenvalue weighted by Crippen LogP contribution is 2.27. The van der Waals surface area contributed by atoms with Gasteiger partial charge in [0, 0.05) is 0 Å². The predicted molar refractivity (Wildman–Crippen MR) is 124 cm³/mol. The van der Waals surface area contributed by atoms with Crippen LogP contribution < -0.4 is 14.8 Å². The van der Waals surface area contributed by atoms with E-state index < -0.39 is 0 Å². The molecular formula is C25H21NO4S. The lowest BCUT2D eigenvalue weighted by atomic mass is 10.1. The molecule has 1 atom stereocenters. The minimum atomic E-state index is -0.389. The van der Waals surface area contributed by atoms with Crippen LogP contribution in [0.25, 0.3) is 12.2 Å². The highest BCUT2D eigenvalue weighted by atomic mass is 32.2. The highest BCUT2D eigenvalue weighted by Gasteiger charge is 2.31. The van der Waals surface area contributed by atoms with Crippen LogP contribution in [0.2, 0.25) is 0 Å². The number of hydrogen-bond donors (Lipinski definition) is 1. The van der Waals surface area contributed by atoms with Gasteiger partial charge in [-0.05, 0) is 59.5 Å². The van der Waals surface area contributed by atoms with Gasteiger partial charge < -0.3 is 9.47 Å². The Bertz CT molecular complexity index is 1110. The molecule has 5 nitrogen and oxygen atoms in total. The molecule has 1 N–H and O–H groups in total. The topological polar surface area (TPSA) is 64.6 Å². The Kier molecular flexibility index (Phi) is 6.38. The fraction of sp³-hybridized carbons (Fsp3) is 0.120. The van der Waals surface area contributed by atoms with Gasteiger partial charge in [0.25, 0.3) is 5.24 Å². The van der Waals surface area contributed by atoms with E-state index in [1.807, 2.05) is 84.9 Å². The molecule has 31 heavy (non-hydrogen) atoms. The number of carbonyl (C=O) groups is 2. The summed E-state index contributed by atoms with van der Waals surface area (Å²) in [6.07, 6.45) is 4.56. The van der Waals surface area contributed by atoms with Crippen LogP contribution in [0.4, 0.5) is 4.79 Å². The zero-order valence-corrected chi connectivity index (χ0v) is 17.7. The molecule has 156 valence electrons. The minimum absolute atomic E-state index is 0.236. The van der Waals surface area contributed by atoms with Gasteiger partial charge in [-0.2, -0.15) is 0 Å². The average molecular weight is 432 g/mol. The van der Waals surface area contributed by atoms with E-state index in [-0.39, 0.29) is 16.4 Å².